The molecule has 0 atom stereocenters. The van der Waals surface area contributed by atoms with Crippen molar-refractivity contribution in [2.45, 2.75) is 32.7 Å². The first kappa shape index (κ1) is 14.8. The maximum Gasteiger partial charge on any atom is 0.246 e. The molecule has 3 aromatic rings. The smallest absolute Gasteiger partial charge is 0.246 e. The van der Waals surface area contributed by atoms with Gasteiger partial charge >= 0.3 is 0 Å². The summed E-state index contributed by atoms with van der Waals surface area (Å²) in [6, 6.07) is 7.67. The third kappa shape index (κ3) is 3.20. The van der Waals surface area contributed by atoms with E-state index in [4.69, 9.17) is 16.1 Å². The zero-order valence-corrected chi connectivity index (χ0v) is 13.3. The fourth-order valence-electron chi connectivity index (χ4n) is 2.34. The number of hydrogen-bond acceptors (Lipinski definition) is 4. The Balaban J connectivity index is 1.74. The second-order valence-electron chi connectivity index (χ2n) is 5.44. The third-order valence-electron chi connectivity index (χ3n) is 3.39. The molecule has 0 aliphatic rings. The number of hydrogen-bond donors (Lipinski definition) is 0. The Hall–Kier alpha value is -2.14. The van der Waals surface area contributed by atoms with Crippen LogP contribution in [0, 0.1) is 0 Å². The molecule has 0 bridgehead atoms. The van der Waals surface area contributed by atoms with Gasteiger partial charge in [0.05, 0.1) is 0 Å². The average molecular weight is 317 g/mol. The Morgan fingerprint density at radius 3 is 2.86 bits per heavy atom. The number of imidazole rings is 1. The maximum atomic E-state index is 6.15. The Kier molecular flexibility index (Phi) is 4.24. The number of rotatable bonds is 5. The second-order valence-corrected chi connectivity index (χ2v) is 5.85. The van der Waals surface area contributed by atoms with Crippen LogP contribution in [0.25, 0.3) is 0 Å². The summed E-state index contributed by atoms with van der Waals surface area (Å²) < 4.78 is 7.36. The SMILES string of the molecule is CC(C)c1nccn1Cc1nc(Cc2ccccc2Cl)no1. The van der Waals surface area contributed by atoms with Crippen molar-refractivity contribution in [1.29, 1.82) is 0 Å². The zero-order chi connectivity index (χ0) is 15.5. The van der Waals surface area contributed by atoms with Crippen molar-refractivity contribution in [3.8, 4) is 0 Å². The molecule has 0 aliphatic carbocycles. The van der Waals surface area contributed by atoms with Crippen LogP contribution >= 0.6 is 11.6 Å². The molecule has 0 fully saturated rings. The Morgan fingerprint density at radius 1 is 1.27 bits per heavy atom. The summed E-state index contributed by atoms with van der Waals surface area (Å²) in [4.78, 5) is 8.79. The molecule has 0 unspecified atom stereocenters. The van der Waals surface area contributed by atoms with Crippen molar-refractivity contribution < 1.29 is 4.52 Å². The molecule has 0 N–H and O–H groups in total. The van der Waals surface area contributed by atoms with Gasteiger partial charge in [0.25, 0.3) is 0 Å². The van der Waals surface area contributed by atoms with Gasteiger partial charge in [0.2, 0.25) is 5.89 Å². The second kappa shape index (κ2) is 6.32. The normalized spacial score (nSPS) is 11.3. The van der Waals surface area contributed by atoms with E-state index in [1.54, 1.807) is 6.20 Å². The van der Waals surface area contributed by atoms with E-state index >= 15 is 0 Å². The first-order valence-electron chi connectivity index (χ1n) is 7.19. The molecule has 0 saturated carbocycles. The lowest BCUT2D eigenvalue weighted by Crippen LogP contribution is -2.06. The summed E-state index contributed by atoms with van der Waals surface area (Å²) in [6.45, 7) is 4.74. The largest absolute Gasteiger partial charge is 0.337 e. The van der Waals surface area contributed by atoms with E-state index < -0.39 is 0 Å². The number of benzene rings is 1. The fourth-order valence-corrected chi connectivity index (χ4v) is 2.54. The predicted molar refractivity (Wildman–Crippen MR) is 84.0 cm³/mol. The van der Waals surface area contributed by atoms with Crippen molar-refractivity contribution in [3.05, 3.63) is 64.8 Å². The molecule has 0 amide bonds. The van der Waals surface area contributed by atoms with Gasteiger partial charge in [0, 0.05) is 29.8 Å². The van der Waals surface area contributed by atoms with Crippen molar-refractivity contribution in [2.24, 2.45) is 0 Å². The number of aromatic nitrogens is 4. The van der Waals surface area contributed by atoms with E-state index in [0.29, 0.717) is 35.6 Å². The summed E-state index contributed by atoms with van der Waals surface area (Å²) in [5, 5.41) is 4.74. The first-order chi connectivity index (χ1) is 10.6. The van der Waals surface area contributed by atoms with E-state index in [-0.39, 0.29) is 0 Å². The van der Waals surface area contributed by atoms with Gasteiger partial charge in [-0.3, -0.25) is 0 Å². The quantitative estimate of drug-likeness (QED) is 0.720. The van der Waals surface area contributed by atoms with Crippen LogP contribution in [0.1, 0.15) is 42.9 Å². The van der Waals surface area contributed by atoms with E-state index in [0.717, 1.165) is 11.4 Å². The highest BCUT2D eigenvalue weighted by Crippen LogP contribution is 2.18. The van der Waals surface area contributed by atoms with E-state index in [9.17, 15) is 0 Å². The molecule has 0 aliphatic heterocycles. The van der Waals surface area contributed by atoms with E-state index in [1.165, 1.54) is 0 Å². The van der Waals surface area contributed by atoms with Gasteiger partial charge < -0.3 is 9.09 Å². The molecule has 2 heterocycles. The minimum atomic E-state index is 0.348. The topological polar surface area (TPSA) is 56.7 Å². The number of halogens is 1. The van der Waals surface area contributed by atoms with Crippen molar-refractivity contribution in [2.75, 3.05) is 0 Å². The fraction of sp³-hybridized carbons (Fsp3) is 0.312. The van der Waals surface area contributed by atoms with Crippen LogP contribution in [0.2, 0.25) is 5.02 Å². The Bertz CT molecular complexity index is 763. The van der Waals surface area contributed by atoms with Gasteiger partial charge in [-0.05, 0) is 11.6 Å². The molecule has 0 radical (unpaired) electrons. The first-order valence-corrected chi connectivity index (χ1v) is 7.57. The van der Waals surface area contributed by atoms with E-state index in [1.807, 2.05) is 35.0 Å². The van der Waals surface area contributed by atoms with Crippen molar-refractivity contribution >= 4 is 11.6 Å². The van der Waals surface area contributed by atoms with Crippen LogP contribution < -0.4 is 0 Å². The van der Waals surface area contributed by atoms with E-state index in [2.05, 4.69) is 29.0 Å². The van der Waals surface area contributed by atoms with Crippen molar-refractivity contribution in [3.63, 3.8) is 0 Å². The van der Waals surface area contributed by atoms with Gasteiger partial charge in [-0.25, -0.2) is 4.98 Å². The van der Waals surface area contributed by atoms with Crippen LogP contribution in [0.4, 0.5) is 0 Å². The van der Waals surface area contributed by atoms with Gasteiger partial charge in [0.1, 0.15) is 12.4 Å². The van der Waals surface area contributed by atoms with Gasteiger partial charge in [-0.1, -0.05) is 48.8 Å². The molecule has 5 nitrogen and oxygen atoms in total. The molecule has 114 valence electrons. The monoisotopic (exact) mass is 316 g/mol. The minimum Gasteiger partial charge on any atom is -0.337 e. The summed E-state index contributed by atoms with van der Waals surface area (Å²) >= 11 is 6.15. The van der Waals surface area contributed by atoms with Crippen LogP contribution in [-0.2, 0) is 13.0 Å². The molecule has 0 saturated heterocycles. The molecule has 2 aromatic heterocycles. The Labute approximate surface area is 133 Å². The maximum absolute atomic E-state index is 6.15. The summed E-state index contributed by atoms with van der Waals surface area (Å²) in [5.74, 6) is 2.56. The summed E-state index contributed by atoms with van der Waals surface area (Å²) in [7, 11) is 0. The van der Waals surface area contributed by atoms with Crippen LogP contribution in [0.3, 0.4) is 0 Å². The molecule has 3 rings (SSSR count). The van der Waals surface area contributed by atoms with Crippen LogP contribution in [0.15, 0.2) is 41.2 Å². The molecule has 0 spiro atoms. The van der Waals surface area contributed by atoms with Crippen LogP contribution in [0.5, 0.6) is 0 Å². The zero-order valence-electron chi connectivity index (χ0n) is 12.5. The highest BCUT2D eigenvalue weighted by molar-refractivity contribution is 6.31. The lowest BCUT2D eigenvalue weighted by Gasteiger charge is -2.07. The Morgan fingerprint density at radius 2 is 2.09 bits per heavy atom. The molecular weight excluding hydrogens is 300 g/mol. The van der Waals surface area contributed by atoms with Crippen molar-refractivity contribution in [1.82, 2.24) is 19.7 Å². The molecular formula is C16H17ClN4O. The lowest BCUT2D eigenvalue weighted by atomic mass is 10.1. The summed E-state index contributed by atoms with van der Waals surface area (Å²) in [6.07, 6.45) is 4.27. The van der Waals surface area contributed by atoms with Crippen LogP contribution in [-0.4, -0.2) is 19.7 Å². The molecule has 6 heteroatoms. The lowest BCUT2D eigenvalue weighted by molar-refractivity contribution is 0.364. The third-order valence-corrected chi connectivity index (χ3v) is 3.75. The standard InChI is InChI=1S/C16H17ClN4O/c1-11(2)16-18-7-8-21(16)10-15-19-14(20-22-15)9-12-5-3-4-6-13(12)17/h3-8,11H,9-10H2,1-2H3. The highest BCUT2D eigenvalue weighted by Gasteiger charge is 2.12. The van der Waals surface area contributed by atoms with Gasteiger partial charge in [-0.15, -0.1) is 0 Å². The predicted octanol–water partition coefficient (Wildman–Crippen LogP) is 3.68. The van der Waals surface area contributed by atoms with Gasteiger partial charge in [0.15, 0.2) is 5.82 Å². The average Bonchev–Trinajstić information content (AvgIpc) is 3.11. The highest BCUT2D eigenvalue weighted by atomic mass is 35.5. The van der Waals surface area contributed by atoms with Gasteiger partial charge in [-0.2, -0.15) is 4.98 Å². The summed E-state index contributed by atoms with van der Waals surface area (Å²) in [5.41, 5.74) is 0.988. The minimum absolute atomic E-state index is 0.348. The molecule has 1 aromatic carbocycles. The number of nitrogens with zero attached hydrogens (tertiary/aromatic N) is 4. The molecule has 22 heavy (non-hydrogen) atoms.